The van der Waals surface area contributed by atoms with Crippen molar-refractivity contribution in [1.82, 2.24) is 9.21 Å². The first kappa shape index (κ1) is 23.2. The number of hydrogen-bond donors (Lipinski definition) is 0. The van der Waals surface area contributed by atoms with Crippen molar-refractivity contribution < 1.29 is 36.2 Å². The highest BCUT2D eigenvalue weighted by molar-refractivity contribution is 7.89. The van der Waals surface area contributed by atoms with Crippen LogP contribution in [-0.2, 0) is 14.8 Å². The van der Waals surface area contributed by atoms with Crippen LogP contribution in [0.5, 0.6) is 17.2 Å². The number of carbonyl (C=O) groups is 1. The minimum absolute atomic E-state index is 0.0678. The van der Waals surface area contributed by atoms with Gasteiger partial charge in [-0.2, -0.15) is 4.31 Å². The molecule has 0 atom stereocenters. The Hall–Kier alpha value is -2.92. The molecular formula is C22H24F2N2O6S. The quantitative estimate of drug-likeness (QED) is 0.564. The third-order valence-corrected chi connectivity index (χ3v) is 7.32. The van der Waals surface area contributed by atoms with E-state index in [0.29, 0.717) is 31.1 Å². The lowest BCUT2D eigenvalue weighted by Crippen LogP contribution is -2.50. The summed E-state index contributed by atoms with van der Waals surface area (Å²) < 4.78 is 70.0. The van der Waals surface area contributed by atoms with Crippen molar-refractivity contribution in [2.45, 2.75) is 17.7 Å². The molecule has 0 N–H and O–H groups in total. The van der Waals surface area contributed by atoms with Crippen LogP contribution < -0.4 is 14.2 Å². The van der Waals surface area contributed by atoms with Crippen LogP contribution in [-0.4, -0.2) is 69.5 Å². The molecule has 0 bridgehead atoms. The zero-order valence-electron chi connectivity index (χ0n) is 17.8. The maximum absolute atomic E-state index is 13.6. The number of piperazine rings is 1. The minimum atomic E-state index is -3.73. The Morgan fingerprint density at radius 2 is 1.70 bits per heavy atom. The van der Waals surface area contributed by atoms with Crippen LogP contribution in [0.1, 0.15) is 12.8 Å². The van der Waals surface area contributed by atoms with Gasteiger partial charge >= 0.3 is 0 Å². The van der Waals surface area contributed by atoms with Gasteiger partial charge in [-0.05, 0) is 30.7 Å². The fourth-order valence-electron chi connectivity index (χ4n) is 3.67. The second-order valence-electron chi connectivity index (χ2n) is 7.62. The lowest BCUT2D eigenvalue weighted by atomic mass is 10.2. The largest absolute Gasteiger partial charge is 0.491 e. The van der Waals surface area contributed by atoms with Crippen LogP contribution in [0.3, 0.4) is 0 Å². The topological polar surface area (TPSA) is 85.4 Å². The van der Waals surface area contributed by atoms with Crippen molar-refractivity contribution in [3.8, 4) is 17.2 Å². The molecule has 2 heterocycles. The zero-order chi connectivity index (χ0) is 23.4. The molecule has 0 unspecified atom stereocenters. The van der Waals surface area contributed by atoms with Gasteiger partial charge in [-0.1, -0.05) is 0 Å². The predicted octanol–water partition coefficient (Wildman–Crippen LogP) is 2.43. The molecule has 2 aromatic rings. The summed E-state index contributed by atoms with van der Waals surface area (Å²) in [6, 6.07) is 7.57. The van der Waals surface area contributed by atoms with E-state index in [1.54, 1.807) is 11.0 Å². The molecule has 33 heavy (non-hydrogen) atoms. The van der Waals surface area contributed by atoms with Crippen molar-refractivity contribution in [2.75, 3.05) is 46.0 Å². The van der Waals surface area contributed by atoms with Gasteiger partial charge < -0.3 is 19.1 Å². The molecule has 2 aliphatic rings. The number of sulfonamides is 1. The Labute approximate surface area is 190 Å². The number of halogens is 2. The maximum Gasteiger partial charge on any atom is 0.243 e. The fourth-order valence-corrected chi connectivity index (χ4v) is 5.11. The third-order valence-electron chi connectivity index (χ3n) is 5.43. The van der Waals surface area contributed by atoms with E-state index in [4.69, 9.17) is 14.2 Å². The summed E-state index contributed by atoms with van der Waals surface area (Å²) in [5.74, 6) is -0.765. The summed E-state index contributed by atoms with van der Waals surface area (Å²) >= 11 is 0. The molecular weight excluding hydrogens is 458 g/mol. The number of ether oxygens (including phenoxy) is 3. The summed E-state index contributed by atoms with van der Waals surface area (Å²) in [7, 11) is -3.73. The average Bonchev–Trinajstić information content (AvgIpc) is 2.82. The summed E-state index contributed by atoms with van der Waals surface area (Å²) in [5, 5.41) is 0. The number of nitrogens with zero attached hydrogens (tertiary/aromatic N) is 2. The lowest BCUT2D eigenvalue weighted by Gasteiger charge is -2.34. The Balaban J connectivity index is 1.25. The molecule has 0 radical (unpaired) electrons. The van der Waals surface area contributed by atoms with Crippen LogP contribution in [0.25, 0.3) is 0 Å². The molecule has 11 heteroatoms. The van der Waals surface area contributed by atoms with Gasteiger partial charge in [0.25, 0.3) is 0 Å². The van der Waals surface area contributed by atoms with E-state index in [1.165, 1.54) is 22.5 Å². The highest BCUT2D eigenvalue weighted by atomic mass is 32.2. The third kappa shape index (κ3) is 5.36. The monoisotopic (exact) mass is 482 g/mol. The normalized spacial score (nSPS) is 16.5. The summed E-state index contributed by atoms with van der Waals surface area (Å²) in [5.41, 5.74) is 0. The van der Waals surface area contributed by atoms with E-state index in [-0.39, 0.29) is 55.8 Å². The molecule has 1 saturated heterocycles. The van der Waals surface area contributed by atoms with E-state index in [0.717, 1.165) is 12.1 Å². The Morgan fingerprint density at radius 3 is 2.42 bits per heavy atom. The molecule has 1 amide bonds. The molecule has 1 fully saturated rings. The Kier molecular flexibility index (Phi) is 6.99. The van der Waals surface area contributed by atoms with Crippen LogP contribution in [0, 0.1) is 11.6 Å². The molecule has 0 aliphatic carbocycles. The number of rotatable bonds is 7. The number of carbonyl (C=O) groups excluding carboxylic acids is 1. The van der Waals surface area contributed by atoms with Gasteiger partial charge in [0.1, 0.15) is 19.0 Å². The van der Waals surface area contributed by atoms with Crippen LogP contribution in [0.15, 0.2) is 41.3 Å². The number of hydrogen-bond acceptors (Lipinski definition) is 6. The van der Waals surface area contributed by atoms with E-state index in [1.807, 2.05) is 0 Å². The van der Waals surface area contributed by atoms with Gasteiger partial charge in [0.05, 0.1) is 11.5 Å². The highest BCUT2D eigenvalue weighted by Crippen LogP contribution is 2.33. The average molecular weight is 483 g/mol. The molecule has 0 aromatic heterocycles. The molecule has 2 aromatic carbocycles. The van der Waals surface area contributed by atoms with Gasteiger partial charge in [0.2, 0.25) is 15.9 Å². The van der Waals surface area contributed by atoms with Gasteiger partial charge in [0.15, 0.2) is 23.1 Å². The van der Waals surface area contributed by atoms with Crippen molar-refractivity contribution >= 4 is 15.9 Å². The van der Waals surface area contributed by atoms with Crippen molar-refractivity contribution in [3.63, 3.8) is 0 Å². The zero-order valence-corrected chi connectivity index (χ0v) is 18.7. The van der Waals surface area contributed by atoms with Crippen LogP contribution >= 0.6 is 0 Å². The number of benzene rings is 2. The first-order valence-corrected chi connectivity index (χ1v) is 12.0. The Bertz CT molecular complexity index is 1120. The highest BCUT2D eigenvalue weighted by Gasteiger charge is 2.31. The SMILES string of the molecule is O=C(CCCOc1ccc(F)cc1F)N1CCN(S(=O)(=O)c2ccc3c(c2)OCCO3)CC1. The maximum atomic E-state index is 13.6. The first-order chi connectivity index (χ1) is 15.8. The Morgan fingerprint density at radius 1 is 0.970 bits per heavy atom. The van der Waals surface area contributed by atoms with Crippen molar-refractivity contribution in [3.05, 3.63) is 48.0 Å². The smallest absolute Gasteiger partial charge is 0.243 e. The summed E-state index contributed by atoms with van der Waals surface area (Å²) in [6.07, 6.45) is 0.531. The van der Waals surface area contributed by atoms with Crippen molar-refractivity contribution in [2.24, 2.45) is 0 Å². The lowest BCUT2D eigenvalue weighted by molar-refractivity contribution is -0.132. The van der Waals surface area contributed by atoms with E-state index in [2.05, 4.69) is 0 Å². The van der Waals surface area contributed by atoms with Gasteiger partial charge in [0, 0.05) is 44.7 Å². The summed E-state index contributed by atoms with van der Waals surface area (Å²) in [4.78, 5) is 14.2. The molecule has 4 rings (SSSR count). The van der Waals surface area contributed by atoms with Crippen LogP contribution in [0.2, 0.25) is 0 Å². The number of fused-ring (bicyclic) bond motifs is 1. The molecule has 178 valence electrons. The van der Waals surface area contributed by atoms with Gasteiger partial charge in [-0.25, -0.2) is 17.2 Å². The molecule has 2 aliphatic heterocycles. The standard InChI is InChI=1S/C22H24F2N2O6S/c23-16-3-5-19(18(24)14-16)30-11-1-2-22(27)25-7-9-26(10-8-25)33(28,29)17-4-6-20-21(15-17)32-13-12-31-20/h3-6,14-15H,1-2,7-13H2. The first-order valence-electron chi connectivity index (χ1n) is 10.6. The van der Waals surface area contributed by atoms with E-state index >= 15 is 0 Å². The van der Waals surface area contributed by atoms with E-state index < -0.39 is 21.7 Å². The number of amides is 1. The summed E-state index contributed by atoms with van der Waals surface area (Å²) in [6.45, 7) is 1.80. The molecule has 0 saturated carbocycles. The minimum Gasteiger partial charge on any atom is -0.491 e. The molecule has 8 nitrogen and oxygen atoms in total. The predicted molar refractivity (Wildman–Crippen MR) is 114 cm³/mol. The second kappa shape index (κ2) is 9.92. The van der Waals surface area contributed by atoms with E-state index in [9.17, 15) is 22.0 Å². The van der Waals surface area contributed by atoms with Crippen LogP contribution in [0.4, 0.5) is 8.78 Å². The van der Waals surface area contributed by atoms with Gasteiger partial charge in [-0.15, -0.1) is 0 Å². The van der Waals surface area contributed by atoms with Gasteiger partial charge in [-0.3, -0.25) is 4.79 Å². The van der Waals surface area contributed by atoms with Crippen molar-refractivity contribution in [1.29, 1.82) is 0 Å². The second-order valence-corrected chi connectivity index (χ2v) is 9.56. The molecule has 0 spiro atoms. The fraction of sp³-hybridized carbons (Fsp3) is 0.409.